The quantitative estimate of drug-likeness (QED) is 0.891. The number of nitrogens with zero attached hydrogens (tertiary/aromatic N) is 1. The summed E-state index contributed by atoms with van der Waals surface area (Å²) in [6.45, 7) is 1.69. The van der Waals surface area contributed by atoms with Crippen molar-refractivity contribution in [3.63, 3.8) is 0 Å². The zero-order valence-electron chi connectivity index (χ0n) is 13.1. The van der Waals surface area contributed by atoms with Gasteiger partial charge in [0.2, 0.25) is 15.9 Å². The van der Waals surface area contributed by atoms with Crippen molar-refractivity contribution in [2.75, 3.05) is 6.54 Å². The lowest BCUT2D eigenvalue weighted by molar-refractivity contribution is -0.137. The van der Waals surface area contributed by atoms with E-state index < -0.39 is 44.5 Å². The molecule has 2 N–H and O–H groups in total. The Hall–Kier alpha value is -1.61. The van der Waals surface area contributed by atoms with Crippen molar-refractivity contribution in [2.24, 2.45) is 11.7 Å². The van der Waals surface area contributed by atoms with Crippen LogP contribution in [0.15, 0.2) is 29.2 Å². The van der Waals surface area contributed by atoms with Crippen LogP contribution in [0.5, 0.6) is 0 Å². The fraction of sp³-hybridized carbons (Fsp3) is 0.533. The highest BCUT2D eigenvalue weighted by molar-refractivity contribution is 7.89. The molecule has 1 amide bonds. The molecule has 0 aliphatic carbocycles. The predicted octanol–water partition coefficient (Wildman–Crippen LogP) is 2.37. The Balaban J connectivity index is 2.43. The number of amides is 1. The van der Waals surface area contributed by atoms with Crippen LogP contribution in [0.25, 0.3) is 0 Å². The van der Waals surface area contributed by atoms with Crippen LogP contribution in [0.2, 0.25) is 0 Å². The number of carbonyl (C=O) groups is 1. The lowest BCUT2D eigenvalue weighted by Crippen LogP contribution is -2.49. The summed E-state index contributed by atoms with van der Waals surface area (Å²) in [5.41, 5.74) is 4.26. The van der Waals surface area contributed by atoms with Crippen LogP contribution in [0.4, 0.5) is 13.2 Å². The number of alkyl halides is 3. The Bertz CT molecular complexity index is 719. The summed E-state index contributed by atoms with van der Waals surface area (Å²) in [6.07, 6.45) is -2.87. The lowest BCUT2D eigenvalue weighted by Gasteiger charge is -2.37. The Morgan fingerprint density at radius 2 is 2.00 bits per heavy atom. The van der Waals surface area contributed by atoms with Crippen molar-refractivity contribution in [1.82, 2.24) is 4.31 Å². The van der Waals surface area contributed by atoms with Gasteiger partial charge in [-0.3, -0.25) is 4.79 Å². The predicted molar refractivity (Wildman–Crippen MR) is 81.3 cm³/mol. The Morgan fingerprint density at radius 1 is 1.33 bits per heavy atom. The minimum absolute atomic E-state index is 0.154. The van der Waals surface area contributed by atoms with Gasteiger partial charge in [0, 0.05) is 12.6 Å². The second-order valence-corrected chi connectivity index (χ2v) is 7.79. The van der Waals surface area contributed by atoms with Crippen LogP contribution in [0.3, 0.4) is 0 Å². The largest absolute Gasteiger partial charge is 0.416 e. The molecule has 1 aromatic carbocycles. The van der Waals surface area contributed by atoms with Gasteiger partial charge in [-0.05, 0) is 31.0 Å². The molecule has 9 heteroatoms. The van der Waals surface area contributed by atoms with E-state index in [2.05, 4.69) is 0 Å². The van der Waals surface area contributed by atoms with E-state index in [1.165, 1.54) is 6.92 Å². The van der Waals surface area contributed by atoms with Gasteiger partial charge in [0.05, 0.1) is 16.4 Å². The normalized spacial score (nSPS) is 21.4. The zero-order valence-corrected chi connectivity index (χ0v) is 13.9. The van der Waals surface area contributed by atoms with Gasteiger partial charge in [0.25, 0.3) is 0 Å². The number of sulfonamides is 1. The molecule has 2 unspecified atom stereocenters. The Morgan fingerprint density at radius 3 is 2.58 bits per heavy atom. The van der Waals surface area contributed by atoms with Gasteiger partial charge in [-0.2, -0.15) is 17.5 Å². The number of halogens is 3. The standard InChI is InChI=1S/C15H19F3N2O3S/c1-10(14(19)21)13-7-2-3-8-20(13)24(22,23)12-6-4-5-11(9-12)15(16,17)18/h4-6,9-10,13H,2-3,7-8H2,1H3,(H2,19,21). The maximum Gasteiger partial charge on any atom is 0.416 e. The summed E-state index contributed by atoms with van der Waals surface area (Å²) in [5, 5.41) is 0. The molecule has 134 valence electrons. The molecule has 1 heterocycles. The third-order valence-corrected chi connectivity index (χ3v) is 6.21. The molecule has 0 radical (unpaired) electrons. The van der Waals surface area contributed by atoms with Crippen LogP contribution in [0, 0.1) is 5.92 Å². The Labute approximate surface area is 138 Å². The molecule has 1 fully saturated rings. The van der Waals surface area contributed by atoms with Crippen molar-refractivity contribution in [2.45, 2.75) is 43.3 Å². The van der Waals surface area contributed by atoms with E-state index in [0.717, 1.165) is 28.9 Å². The lowest BCUT2D eigenvalue weighted by atomic mass is 9.93. The van der Waals surface area contributed by atoms with E-state index in [-0.39, 0.29) is 6.54 Å². The number of benzene rings is 1. The van der Waals surface area contributed by atoms with E-state index in [0.29, 0.717) is 18.9 Å². The molecule has 2 atom stereocenters. The molecule has 0 aromatic heterocycles. The van der Waals surface area contributed by atoms with Crippen molar-refractivity contribution in [3.05, 3.63) is 29.8 Å². The molecular formula is C15H19F3N2O3S. The maximum absolute atomic E-state index is 12.8. The number of nitrogens with two attached hydrogens (primary N) is 1. The third-order valence-electron chi connectivity index (χ3n) is 4.29. The molecule has 1 aromatic rings. The molecule has 0 saturated carbocycles. The average Bonchev–Trinajstić information content (AvgIpc) is 2.53. The number of rotatable bonds is 4. The van der Waals surface area contributed by atoms with Gasteiger partial charge in [0.1, 0.15) is 0 Å². The summed E-state index contributed by atoms with van der Waals surface area (Å²) < 4.78 is 65.3. The van der Waals surface area contributed by atoms with Gasteiger partial charge in [-0.15, -0.1) is 0 Å². The van der Waals surface area contributed by atoms with Crippen LogP contribution in [0.1, 0.15) is 31.7 Å². The van der Waals surface area contributed by atoms with Gasteiger partial charge in [-0.1, -0.05) is 19.4 Å². The molecule has 24 heavy (non-hydrogen) atoms. The minimum Gasteiger partial charge on any atom is -0.369 e. The SMILES string of the molecule is CC(C(N)=O)C1CCCCN1S(=O)(=O)c1cccc(C(F)(F)F)c1. The minimum atomic E-state index is -4.63. The van der Waals surface area contributed by atoms with Gasteiger partial charge < -0.3 is 5.73 Å². The molecule has 0 bridgehead atoms. The average molecular weight is 364 g/mol. The van der Waals surface area contributed by atoms with Crippen LogP contribution >= 0.6 is 0 Å². The van der Waals surface area contributed by atoms with Crippen LogP contribution < -0.4 is 5.73 Å². The third kappa shape index (κ3) is 3.72. The summed E-state index contributed by atoms with van der Waals surface area (Å²) in [4.78, 5) is 11.0. The van der Waals surface area contributed by atoms with Crippen molar-refractivity contribution in [1.29, 1.82) is 0 Å². The fourth-order valence-electron chi connectivity index (χ4n) is 2.89. The van der Waals surface area contributed by atoms with Gasteiger partial charge in [-0.25, -0.2) is 8.42 Å². The summed E-state index contributed by atoms with van der Waals surface area (Å²) >= 11 is 0. The maximum atomic E-state index is 12.8. The highest BCUT2D eigenvalue weighted by Crippen LogP contribution is 2.33. The molecule has 5 nitrogen and oxygen atoms in total. The first-order valence-electron chi connectivity index (χ1n) is 7.53. The van der Waals surface area contributed by atoms with Crippen molar-refractivity contribution < 1.29 is 26.4 Å². The highest BCUT2D eigenvalue weighted by atomic mass is 32.2. The molecule has 0 spiro atoms. The number of carbonyl (C=O) groups excluding carboxylic acids is 1. The molecule has 2 rings (SSSR count). The van der Waals surface area contributed by atoms with Gasteiger partial charge >= 0.3 is 6.18 Å². The molecule has 1 saturated heterocycles. The first kappa shape index (κ1) is 18.7. The molecule has 1 aliphatic rings. The Kier molecular flexibility index (Phi) is 5.24. The monoisotopic (exact) mass is 364 g/mol. The number of hydrogen-bond acceptors (Lipinski definition) is 3. The second kappa shape index (κ2) is 6.72. The second-order valence-electron chi connectivity index (χ2n) is 5.90. The van der Waals surface area contributed by atoms with Gasteiger partial charge in [0.15, 0.2) is 0 Å². The van der Waals surface area contributed by atoms with Crippen LogP contribution in [-0.2, 0) is 21.0 Å². The summed E-state index contributed by atoms with van der Waals surface area (Å²) in [5.74, 6) is -1.35. The first-order chi connectivity index (χ1) is 11.0. The molecule has 1 aliphatic heterocycles. The van der Waals surface area contributed by atoms with Crippen molar-refractivity contribution >= 4 is 15.9 Å². The fourth-order valence-corrected chi connectivity index (χ4v) is 4.70. The van der Waals surface area contributed by atoms with E-state index in [9.17, 15) is 26.4 Å². The summed E-state index contributed by atoms with van der Waals surface area (Å²) in [6, 6.07) is 2.99. The zero-order chi connectivity index (χ0) is 18.1. The van der Waals surface area contributed by atoms with E-state index in [1.54, 1.807) is 0 Å². The van der Waals surface area contributed by atoms with E-state index in [4.69, 9.17) is 5.73 Å². The number of piperidine rings is 1. The van der Waals surface area contributed by atoms with Crippen LogP contribution in [-0.4, -0.2) is 31.2 Å². The van der Waals surface area contributed by atoms with Crippen molar-refractivity contribution in [3.8, 4) is 0 Å². The summed E-state index contributed by atoms with van der Waals surface area (Å²) in [7, 11) is -4.15. The molecular weight excluding hydrogens is 345 g/mol. The highest BCUT2D eigenvalue weighted by Gasteiger charge is 2.39. The topological polar surface area (TPSA) is 80.5 Å². The smallest absolute Gasteiger partial charge is 0.369 e. The number of primary amides is 1. The number of hydrogen-bond donors (Lipinski definition) is 1. The van der Waals surface area contributed by atoms with E-state index in [1.807, 2.05) is 0 Å². The van der Waals surface area contributed by atoms with E-state index >= 15 is 0 Å². The first-order valence-corrected chi connectivity index (χ1v) is 8.97.